The number of rotatable bonds is 3. The fraction of sp³-hybridized carbons (Fsp3) is 0.167. The minimum Gasteiger partial charge on any atom is -0.507 e. The first kappa shape index (κ1) is 13.0. The van der Waals surface area contributed by atoms with Gasteiger partial charge in [0.1, 0.15) is 5.75 Å². The van der Waals surface area contributed by atoms with Gasteiger partial charge in [-0.3, -0.25) is 4.79 Å². The van der Waals surface area contributed by atoms with E-state index < -0.39 is 0 Å². The van der Waals surface area contributed by atoms with Gasteiger partial charge in [0.15, 0.2) is 0 Å². The molecule has 18 heavy (non-hydrogen) atoms. The smallest absolute Gasteiger partial charge is 0.254 e. The van der Waals surface area contributed by atoms with E-state index >= 15 is 0 Å². The minimum absolute atomic E-state index is 0.0582. The fourth-order valence-electron chi connectivity index (χ4n) is 1.50. The van der Waals surface area contributed by atoms with E-state index in [0.29, 0.717) is 16.6 Å². The van der Waals surface area contributed by atoms with Gasteiger partial charge in [0, 0.05) is 18.0 Å². The number of carbonyl (C=O) groups excluding carboxylic acids is 1. The van der Waals surface area contributed by atoms with E-state index in [9.17, 15) is 9.90 Å². The molecule has 0 bridgehead atoms. The van der Waals surface area contributed by atoms with Crippen LogP contribution in [0, 0.1) is 0 Å². The van der Waals surface area contributed by atoms with Crippen LogP contribution in [0.15, 0.2) is 33.6 Å². The summed E-state index contributed by atoms with van der Waals surface area (Å²) in [6.45, 7) is 0.457. The quantitative estimate of drug-likeness (QED) is 0.943. The average molecular weight is 327 g/mol. The van der Waals surface area contributed by atoms with Crippen LogP contribution in [0.3, 0.4) is 0 Å². The van der Waals surface area contributed by atoms with E-state index in [1.54, 1.807) is 29.6 Å². The summed E-state index contributed by atoms with van der Waals surface area (Å²) in [5.74, 6) is -0.0892. The van der Waals surface area contributed by atoms with Crippen LogP contribution in [0.25, 0.3) is 0 Å². The Labute approximate surface area is 117 Å². The molecule has 1 heterocycles. The van der Waals surface area contributed by atoms with Gasteiger partial charge in [0.2, 0.25) is 0 Å². The molecule has 0 fully saturated rings. The maximum Gasteiger partial charge on any atom is 0.254 e. The Kier molecular flexibility index (Phi) is 3.98. The maximum atomic E-state index is 12.1. The number of halogens is 1. The molecule has 0 saturated heterocycles. The molecule has 2 rings (SSSR count). The second-order valence-electron chi connectivity index (χ2n) is 3.81. The number of thiazole rings is 1. The van der Waals surface area contributed by atoms with Gasteiger partial charge in [-0.1, -0.05) is 0 Å². The van der Waals surface area contributed by atoms with Crippen molar-refractivity contribution in [3.63, 3.8) is 0 Å². The number of hydrogen-bond acceptors (Lipinski definition) is 4. The van der Waals surface area contributed by atoms with Crippen LogP contribution in [0.4, 0.5) is 0 Å². The zero-order valence-electron chi connectivity index (χ0n) is 9.63. The number of aromatic hydroxyl groups is 1. The summed E-state index contributed by atoms with van der Waals surface area (Å²) in [6.07, 6.45) is 0. The van der Waals surface area contributed by atoms with Crippen molar-refractivity contribution >= 4 is 33.2 Å². The van der Waals surface area contributed by atoms with Gasteiger partial charge in [-0.2, -0.15) is 0 Å². The van der Waals surface area contributed by atoms with Crippen molar-refractivity contribution in [1.82, 2.24) is 9.88 Å². The molecule has 6 heteroatoms. The van der Waals surface area contributed by atoms with Crippen LogP contribution < -0.4 is 0 Å². The first-order chi connectivity index (χ1) is 8.58. The van der Waals surface area contributed by atoms with Gasteiger partial charge >= 0.3 is 0 Å². The molecule has 0 radical (unpaired) electrons. The van der Waals surface area contributed by atoms with Crippen LogP contribution in [-0.4, -0.2) is 27.9 Å². The van der Waals surface area contributed by atoms with Crippen LogP contribution >= 0.6 is 27.3 Å². The first-order valence-electron chi connectivity index (χ1n) is 5.19. The molecule has 0 atom stereocenters. The molecular formula is C12H11BrN2O2S. The van der Waals surface area contributed by atoms with Crippen LogP contribution in [0.5, 0.6) is 5.75 Å². The highest BCUT2D eigenvalue weighted by atomic mass is 79.9. The third-order valence-electron chi connectivity index (χ3n) is 2.42. The lowest BCUT2D eigenvalue weighted by molar-refractivity contribution is 0.0783. The summed E-state index contributed by atoms with van der Waals surface area (Å²) in [6, 6.07) is 4.77. The normalized spacial score (nSPS) is 10.3. The molecule has 0 unspecified atom stereocenters. The van der Waals surface area contributed by atoms with Crippen molar-refractivity contribution in [1.29, 1.82) is 0 Å². The highest BCUT2D eigenvalue weighted by Gasteiger charge is 2.14. The summed E-state index contributed by atoms with van der Waals surface area (Å²) in [7, 11) is 1.71. The third kappa shape index (κ3) is 2.88. The molecule has 0 saturated carbocycles. The van der Waals surface area contributed by atoms with E-state index in [2.05, 4.69) is 20.9 Å². The number of amides is 1. The van der Waals surface area contributed by atoms with E-state index in [1.165, 1.54) is 17.4 Å². The number of nitrogens with zero attached hydrogens (tertiary/aromatic N) is 2. The summed E-state index contributed by atoms with van der Waals surface area (Å²) in [5.41, 5.74) is 3.05. The SMILES string of the molecule is CN(Cc1cscn1)C(=O)c1ccc(Br)c(O)c1. The van der Waals surface area contributed by atoms with Crippen molar-refractivity contribution in [3.05, 3.63) is 44.8 Å². The van der Waals surface area contributed by atoms with Gasteiger partial charge in [-0.25, -0.2) is 4.98 Å². The topological polar surface area (TPSA) is 53.4 Å². The van der Waals surface area contributed by atoms with Gasteiger partial charge in [-0.05, 0) is 34.1 Å². The number of carbonyl (C=O) groups is 1. The average Bonchev–Trinajstić information content (AvgIpc) is 2.84. The summed E-state index contributed by atoms with van der Waals surface area (Å²) >= 11 is 4.68. The molecule has 0 spiro atoms. The molecule has 1 aromatic carbocycles. The Balaban J connectivity index is 2.12. The van der Waals surface area contributed by atoms with Crippen molar-refractivity contribution in [2.75, 3.05) is 7.05 Å². The second-order valence-corrected chi connectivity index (χ2v) is 5.38. The Bertz CT molecular complexity index is 557. The lowest BCUT2D eigenvalue weighted by Gasteiger charge is -2.16. The van der Waals surface area contributed by atoms with E-state index in [1.807, 2.05) is 5.38 Å². The molecule has 1 aromatic heterocycles. The molecule has 1 N–H and O–H groups in total. The van der Waals surface area contributed by atoms with Crippen LogP contribution in [-0.2, 0) is 6.54 Å². The lowest BCUT2D eigenvalue weighted by atomic mass is 10.2. The predicted octanol–water partition coefficient (Wildman–Crippen LogP) is 2.88. The Morgan fingerprint density at radius 3 is 2.94 bits per heavy atom. The first-order valence-corrected chi connectivity index (χ1v) is 6.92. The number of aromatic nitrogens is 1. The monoisotopic (exact) mass is 326 g/mol. The number of phenols is 1. The molecule has 0 aliphatic rings. The van der Waals surface area contributed by atoms with E-state index in [0.717, 1.165) is 5.69 Å². The largest absolute Gasteiger partial charge is 0.507 e. The van der Waals surface area contributed by atoms with Crippen molar-refractivity contribution in [2.24, 2.45) is 0 Å². The molecule has 0 aliphatic heterocycles. The summed E-state index contributed by atoms with van der Waals surface area (Å²) < 4.78 is 0.571. The molecule has 94 valence electrons. The predicted molar refractivity (Wildman–Crippen MR) is 73.7 cm³/mol. The minimum atomic E-state index is -0.147. The van der Waals surface area contributed by atoms with Gasteiger partial charge < -0.3 is 10.0 Å². The Morgan fingerprint density at radius 1 is 1.56 bits per heavy atom. The highest BCUT2D eigenvalue weighted by molar-refractivity contribution is 9.10. The fourth-order valence-corrected chi connectivity index (χ4v) is 2.29. The van der Waals surface area contributed by atoms with Gasteiger partial charge in [-0.15, -0.1) is 11.3 Å². The molecule has 4 nitrogen and oxygen atoms in total. The van der Waals surface area contributed by atoms with Crippen molar-refractivity contribution in [3.8, 4) is 5.75 Å². The van der Waals surface area contributed by atoms with Gasteiger partial charge in [0.05, 0.1) is 22.2 Å². The van der Waals surface area contributed by atoms with Crippen LogP contribution in [0.2, 0.25) is 0 Å². The van der Waals surface area contributed by atoms with E-state index in [4.69, 9.17) is 0 Å². The summed E-state index contributed by atoms with van der Waals surface area (Å²) in [4.78, 5) is 17.8. The summed E-state index contributed by atoms with van der Waals surface area (Å²) in [5, 5.41) is 11.5. The molecule has 1 amide bonds. The zero-order chi connectivity index (χ0) is 13.1. The zero-order valence-corrected chi connectivity index (χ0v) is 12.0. The highest BCUT2D eigenvalue weighted by Crippen LogP contribution is 2.24. The number of hydrogen-bond donors (Lipinski definition) is 1. The van der Waals surface area contributed by atoms with Gasteiger partial charge in [0.25, 0.3) is 5.91 Å². The molecular weight excluding hydrogens is 316 g/mol. The van der Waals surface area contributed by atoms with Crippen molar-refractivity contribution in [2.45, 2.75) is 6.54 Å². The Morgan fingerprint density at radius 2 is 2.33 bits per heavy atom. The second kappa shape index (κ2) is 5.49. The lowest BCUT2D eigenvalue weighted by Crippen LogP contribution is -2.26. The molecule has 0 aliphatic carbocycles. The Hall–Kier alpha value is -1.40. The van der Waals surface area contributed by atoms with Crippen LogP contribution in [0.1, 0.15) is 16.1 Å². The molecule has 2 aromatic rings. The van der Waals surface area contributed by atoms with Crippen molar-refractivity contribution < 1.29 is 9.90 Å². The maximum absolute atomic E-state index is 12.1. The number of phenolic OH excluding ortho intramolecular Hbond substituents is 1. The standard InChI is InChI=1S/C12H11BrN2O2S/c1-15(5-9-6-18-7-14-9)12(17)8-2-3-10(13)11(16)4-8/h2-4,6-7,16H,5H2,1H3. The third-order valence-corrected chi connectivity index (χ3v) is 3.73. The van der Waals surface area contributed by atoms with E-state index in [-0.39, 0.29) is 11.7 Å². The number of benzene rings is 1.